The van der Waals surface area contributed by atoms with Crippen LogP contribution in [0.3, 0.4) is 0 Å². The van der Waals surface area contributed by atoms with Crippen molar-refractivity contribution in [1.29, 1.82) is 0 Å². The number of hydrogen-bond acceptors (Lipinski definition) is 2. The van der Waals surface area contributed by atoms with Gasteiger partial charge >= 0.3 is 0 Å². The van der Waals surface area contributed by atoms with E-state index in [2.05, 4.69) is 24.2 Å². The van der Waals surface area contributed by atoms with Crippen molar-refractivity contribution in [2.45, 2.75) is 52.4 Å². The summed E-state index contributed by atoms with van der Waals surface area (Å²) in [6, 6.07) is 0. The smallest absolute Gasteiger partial charge is 0.188 e. The second-order valence-corrected chi connectivity index (χ2v) is 4.22. The third-order valence-corrected chi connectivity index (χ3v) is 2.49. The molecular weight excluding hydrogens is 214 g/mol. The molecule has 0 aliphatic rings. The summed E-state index contributed by atoms with van der Waals surface area (Å²) in [7, 11) is 0. The highest BCUT2D eigenvalue weighted by molar-refractivity contribution is 5.77. The van der Waals surface area contributed by atoms with E-state index in [1.807, 2.05) is 0 Å². The molecule has 0 atom stereocenters. The van der Waals surface area contributed by atoms with Gasteiger partial charge in [0.1, 0.15) is 0 Å². The lowest BCUT2D eigenvalue weighted by Gasteiger charge is -2.06. The van der Waals surface area contributed by atoms with Crippen molar-refractivity contribution >= 4 is 5.96 Å². The molecule has 0 aromatic heterocycles. The molecule has 4 heteroatoms. The second kappa shape index (κ2) is 13.3. The monoisotopic (exact) mass is 243 g/mol. The van der Waals surface area contributed by atoms with Crippen LogP contribution in [-0.4, -0.2) is 32.3 Å². The van der Waals surface area contributed by atoms with E-state index >= 15 is 0 Å². The van der Waals surface area contributed by atoms with Crippen LogP contribution in [-0.2, 0) is 4.74 Å². The summed E-state index contributed by atoms with van der Waals surface area (Å²) in [6.07, 6.45) is 7.22. The van der Waals surface area contributed by atoms with Crippen LogP contribution >= 0.6 is 0 Å². The Morgan fingerprint density at radius 3 is 2.53 bits per heavy atom. The summed E-state index contributed by atoms with van der Waals surface area (Å²) in [5.41, 5.74) is 5.71. The molecule has 0 radical (unpaired) electrons. The molecule has 4 nitrogen and oxygen atoms in total. The predicted octanol–water partition coefficient (Wildman–Crippen LogP) is 2.29. The molecule has 3 N–H and O–H groups in total. The first-order chi connectivity index (χ1) is 8.31. The molecule has 0 amide bonds. The van der Waals surface area contributed by atoms with Gasteiger partial charge < -0.3 is 15.8 Å². The van der Waals surface area contributed by atoms with Gasteiger partial charge in [-0.15, -0.1) is 0 Å². The first kappa shape index (κ1) is 16.2. The van der Waals surface area contributed by atoms with Gasteiger partial charge in [0.15, 0.2) is 5.96 Å². The van der Waals surface area contributed by atoms with Crippen molar-refractivity contribution in [3.05, 3.63) is 0 Å². The fourth-order valence-corrected chi connectivity index (χ4v) is 1.39. The van der Waals surface area contributed by atoms with E-state index in [-0.39, 0.29) is 0 Å². The van der Waals surface area contributed by atoms with E-state index in [1.54, 1.807) is 0 Å². The molecule has 0 saturated carbocycles. The average Bonchev–Trinajstić information content (AvgIpc) is 2.33. The SMILES string of the molecule is CCCCCCN=C(N)NCCOCCCC. The van der Waals surface area contributed by atoms with Crippen LogP contribution in [0.25, 0.3) is 0 Å². The number of nitrogens with two attached hydrogens (primary N) is 1. The zero-order valence-electron chi connectivity index (χ0n) is 11.5. The topological polar surface area (TPSA) is 59.6 Å². The van der Waals surface area contributed by atoms with Crippen LogP contribution < -0.4 is 11.1 Å². The van der Waals surface area contributed by atoms with Gasteiger partial charge in [0, 0.05) is 19.7 Å². The van der Waals surface area contributed by atoms with Gasteiger partial charge in [-0.3, -0.25) is 4.99 Å². The average molecular weight is 243 g/mol. The summed E-state index contributed by atoms with van der Waals surface area (Å²) in [5.74, 6) is 0.542. The van der Waals surface area contributed by atoms with Gasteiger partial charge in [-0.2, -0.15) is 0 Å². The van der Waals surface area contributed by atoms with Crippen molar-refractivity contribution in [3.63, 3.8) is 0 Å². The third-order valence-electron chi connectivity index (χ3n) is 2.49. The Morgan fingerprint density at radius 1 is 1.06 bits per heavy atom. The van der Waals surface area contributed by atoms with Crippen LogP contribution in [0, 0.1) is 0 Å². The summed E-state index contributed by atoms with van der Waals surface area (Å²) < 4.78 is 5.41. The van der Waals surface area contributed by atoms with E-state index in [0.29, 0.717) is 12.6 Å². The maximum atomic E-state index is 5.71. The standard InChI is InChI=1S/C13H29N3O/c1-3-5-7-8-9-15-13(14)16-10-12-17-11-6-4-2/h3-12H2,1-2H3,(H3,14,15,16). The van der Waals surface area contributed by atoms with Crippen molar-refractivity contribution in [2.75, 3.05) is 26.3 Å². The van der Waals surface area contributed by atoms with Gasteiger partial charge in [-0.1, -0.05) is 39.5 Å². The van der Waals surface area contributed by atoms with E-state index in [1.165, 1.54) is 25.7 Å². The van der Waals surface area contributed by atoms with Gasteiger partial charge in [0.25, 0.3) is 0 Å². The maximum absolute atomic E-state index is 5.71. The number of hydrogen-bond donors (Lipinski definition) is 2. The molecule has 0 rings (SSSR count). The van der Waals surface area contributed by atoms with E-state index in [4.69, 9.17) is 10.5 Å². The Hall–Kier alpha value is -0.770. The minimum absolute atomic E-state index is 0.542. The number of unbranched alkanes of at least 4 members (excludes halogenated alkanes) is 4. The molecule has 0 heterocycles. The number of ether oxygens (including phenoxy) is 1. The predicted molar refractivity (Wildman–Crippen MR) is 74.4 cm³/mol. The Bertz CT molecular complexity index is 184. The molecule has 0 bridgehead atoms. The molecule has 0 aliphatic heterocycles. The Kier molecular flexibility index (Phi) is 12.7. The molecule has 0 aromatic carbocycles. The van der Waals surface area contributed by atoms with E-state index in [9.17, 15) is 0 Å². The van der Waals surface area contributed by atoms with Crippen LogP contribution in [0.1, 0.15) is 52.4 Å². The zero-order valence-corrected chi connectivity index (χ0v) is 11.5. The van der Waals surface area contributed by atoms with Crippen LogP contribution in [0.4, 0.5) is 0 Å². The highest BCUT2D eigenvalue weighted by Gasteiger charge is 1.92. The number of nitrogens with one attached hydrogen (secondary N) is 1. The van der Waals surface area contributed by atoms with Crippen molar-refractivity contribution < 1.29 is 4.74 Å². The molecule has 0 aromatic rings. The summed E-state index contributed by atoms with van der Waals surface area (Å²) in [6.45, 7) is 7.48. The van der Waals surface area contributed by atoms with Crippen molar-refractivity contribution in [1.82, 2.24) is 5.32 Å². The lowest BCUT2D eigenvalue weighted by molar-refractivity contribution is 0.136. The Morgan fingerprint density at radius 2 is 1.82 bits per heavy atom. The number of guanidine groups is 1. The summed E-state index contributed by atoms with van der Waals surface area (Å²) >= 11 is 0. The zero-order chi connectivity index (χ0) is 12.8. The summed E-state index contributed by atoms with van der Waals surface area (Å²) in [4.78, 5) is 4.26. The normalized spacial score (nSPS) is 11.8. The first-order valence-corrected chi connectivity index (χ1v) is 6.92. The highest BCUT2D eigenvalue weighted by Crippen LogP contribution is 1.98. The lowest BCUT2D eigenvalue weighted by Crippen LogP contribution is -2.34. The minimum atomic E-state index is 0.542. The Labute approximate surface area is 106 Å². The maximum Gasteiger partial charge on any atom is 0.188 e. The van der Waals surface area contributed by atoms with Gasteiger partial charge in [-0.05, 0) is 12.8 Å². The first-order valence-electron chi connectivity index (χ1n) is 6.92. The number of rotatable bonds is 11. The lowest BCUT2D eigenvalue weighted by atomic mass is 10.2. The quantitative estimate of drug-likeness (QED) is 0.332. The Balaban J connectivity index is 3.26. The molecule has 0 saturated heterocycles. The molecular formula is C13H29N3O. The fraction of sp³-hybridized carbons (Fsp3) is 0.923. The van der Waals surface area contributed by atoms with Gasteiger partial charge in [0.05, 0.1) is 6.61 Å². The highest BCUT2D eigenvalue weighted by atomic mass is 16.5. The molecule has 17 heavy (non-hydrogen) atoms. The second-order valence-electron chi connectivity index (χ2n) is 4.22. The van der Waals surface area contributed by atoms with Crippen molar-refractivity contribution in [3.8, 4) is 0 Å². The minimum Gasteiger partial charge on any atom is -0.380 e. The van der Waals surface area contributed by atoms with Gasteiger partial charge in [0.2, 0.25) is 0 Å². The molecule has 0 unspecified atom stereocenters. The van der Waals surface area contributed by atoms with E-state index in [0.717, 1.165) is 32.5 Å². The fourth-order valence-electron chi connectivity index (χ4n) is 1.39. The van der Waals surface area contributed by atoms with Crippen molar-refractivity contribution in [2.24, 2.45) is 10.7 Å². The van der Waals surface area contributed by atoms with Crippen LogP contribution in [0.2, 0.25) is 0 Å². The molecule has 102 valence electrons. The number of aliphatic imine (C=N–C) groups is 1. The molecule has 0 spiro atoms. The summed E-state index contributed by atoms with van der Waals surface area (Å²) in [5, 5.41) is 3.05. The largest absolute Gasteiger partial charge is 0.380 e. The van der Waals surface area contributed by atoms with Crippen LogP contribution in [0.5, 0.6) is 0 Å². The van der Waals surface area contributed by atoms with Crippen LogP contribution in [0.15, 0.2) is 4.99 Å². The third kappa shape index (κ3) is 13.2. The molecule has 0 fully saturated rings. The number of nitrogens with zero attached hydrogens (tertiary/aromatic N) is 1. The molecule has 0 aliphatic carbocycles. The van der Waals surface area contributed by atoms with Gasteiger partial charge in [-0.25, -0.2) is 0 Å². The van der Waals surface area contributed by atoms with E-state index < -0.39 is 0 Å².